The van der Waals surface area contributed by atoms with Crippen LogP contribution in [0.5, 0.6) is 0 Å². The molecular weight excluding hydrogens is 308 g/mol. The van der Waals surface area contributed by atoms with Crippen molar-refractivity contribution in [1.29, 1.82) is 0 Å². The van der Waals surface area contributed by atoms with Crippen molar-refractivity contribution < 1.29 is 14.4 Å². The van der Waals surface area contributed by atoms with Crippen LogP contribution in [0.2, 0.25) is 0 Å². The van der Waals surface area contributed by atoms with E-state index in [0.717, 1.165) is 29.7 Å². The lowest BCUT2D eigenvalue weighted by atomic mass is 10.1. The summed E-state index contributed by atoms with van der Waals surface area (Å²) < 4.78 is 0. The molecule has 0 aromatic heterocycles. The highest BCUT2D eigenvalue weighted by Crippen LogP contribution is 2.12. The summed E-state index contributed by atoms with van der Waals surface area (Å²) in [6.07, 6.45) is 2.91. The Morgan fingerprint density at radius 1 is 1.42 bits per heavy atom. The van der Waals surface area contributed by atoms with E-state index < -0.39 is 6.03 Å². The highest BCUT2D eigenvalue weighted by Gasteiger charge is 2.28. The summed E-state index contributed by atoms with van der Waals surface area (Å²) in [4.78, 5) is 36.7. The maximum atomic E-state index is 12.4. The average molecular weight is 332 g/mol. The fourth-order valence-corrected chi connectivity index (χ4v) is 2.58. The van der Waals surface area contributed by atoms with Crippen molar-refractivity contribution >= 4 is 17.8 Å². The van der Waals surface area contributed by atoms with Crippen LogP contribution in [0.1, 0.15) is 42.1 Å². The van der Waals surface area contributed by atoms with Gasteiger partial charge in [-0.2, -0.15) is 0 Å². The number of benzene rings is 1. The van der Waals surface area contributed by atoms with Gasteiger partial charge in [0.2, 0.25) is 5.91 Å². The lowest BCUT2D eigenvalue weighted by molar-refractivity contribution is -0.125. The van der Waals surface area contributed by atoms with E-state index in [4.69, 9.17) is 5.73 Å². The zero-order valence-electron chi connectivity index (χ0n) is 13.9. The van der Waals surface area contributed by atoms with Crippen LogP contribution in [-0.4, -0.2) is 41.9 Å². The fourth-order valence-electron chi connectivity index (χ4n) is 2.58. The van der Waals surface area contributed by atoms with Crippen molar-refractivity contribution in [3.05, 3.63) is 35.4 Å². The third-order valence-corrected chi connectivity index (χ3v) is 3.99. The molecule has 0 saturated carbocycles. The Balaban J connectivity index is 2.02. The second-order valence-corrected chi connectivity index (χ2v) is 5.89. The number of hydrogen-bond acceptors (Lipinski definition) is 4. The molecule has 130 valence electrons. The van der Waals surface area contributed by atoms with Crippen molar-refractivity contribution in [3.8, 4) is 0 Å². The highest BCUT2D eigenvalue weighted by atomic mass is 16.2. The number of imide groups is 1. The number of amides is 4. The Hall–Kier alpha value is -2.41. The quantitative estimate of drug-likeness (QED) is 0.617. The van der Waals surface area contributed by atoms with Gasteiger partial charge in [-0.25, -0.2) is 4.79 Å². The van der Waals surface area contributed by atoms with Crippen LogP contribution >= 0.6 is 0 Å². The molecule has 4 N–H and O–H groups in total. The topological polar surface area (TPSA) is 105 Å². The summed E-state index contributed by atoms with van der Waals surface area (Å²) in [5, 5.41) is 5.41. The number of carbonyl (C=O) groups excluding carboxylic acids is 3. The van der Waals surface area contributed by atoms with Crippen molar-refractivity contribution in [3.63, 3.8) is 0 Å². The number of unbranched alkanes of at least 4 members (excludes halogenated alkanes) is 1. The summed E-state index contributed by atoms with van der Waals surface area (Å²) in [6, 6.07) is 6.48. The molecule has 24 heavy (non-hydrogen) atoms. The second kappa shape index (κ2) is 8.44. The standard InChI is InChI=1S/C17H24N4O3/c1-2-3-7-14(9-18)20-16(23)13-6-4-5-12(8-13)11-21-15(22)10-19-17(21)24/h4-6,8,14H,2-3,7,9-11,18H2,1H3,(H,19,24)(H,20,23). The molecule has 1 heterocycles. The van der Waals surface area contributed by atoms with Gasteiger partial charge in [0.05, 0.1) is 13.1 Å². The van der Waals surface area contributed by atoms with Crippen LogP contribution in [0.25, 0.3) is 0 Å². The molecule has 1 atom stereocenters. The molecule has 1 aliphatic heterocycles. The monoisotopic (exact) mass is 332 g/mol. The number of nitrogens with two attached hydrogens (primary N) is 1. The van der Waals surface area contributed by atoms with E-state index in [1.54, 1.807) is 24.3 Å². The number of carbonyl (C=O) groups is 3. The predicted molar refractivity (Wildman–Crippen MR) is 90.2 cm³/mol. The smallest absolute Gasteiger partial charge is 0.324 e. The van der Waals surface area contributed by atoms with Gasteiger partial charge < -0.3 is 16.4 Å². The summed E-state index contributed by atoms with van der Waals surface area (Å²) in [5.41, 5.74) is 6.93. The van der Waals surface area contributed by atoms with Gasteiger partial charge in [-0.3, -0.25) is 14.5 Å². The van der Waals surface area contributed by atoms with Crippen molar-refractivity contribution in [2.75, 3.05) is 13.1 Å². The molecule has 1 aromatic carbocycles. The number of nitrogens with one attached hydrogen (secondary N) is 2. The molecule has 1 saturated heterocycles. The molecule has 0 aliphatic carbocycles. The summed E-state index contributed by atoms with van der Waals surface area (Å²) in [5.74, 6) is -0.460. The van der Waals surface area contributed by atoms with E-state index >= 15 is 0 Å². The Bertz CT molecular complexity index is 602. The van der Waals surface area contributed by atoms with E-state index in [1.165, 1.54) is 0 Å². The molecule has 7 nitrogen and oxygen atoms in total. The van der Waals surface area contributed by atoms with Crippen LogP contribution in [-0.2, 0) is 11.3 Å². The van der Waals surface area contributed by atoms with Gasteiger partial charge in [-0.1, -0.05) is 31.9 Å². The predicted octanol–water partition coefficient (Wildman–Crippen LogP) is 0.986. The number of hydrogen-bond donors (Lipinski definition) is 3. The minimum atomic E-state index is -0.405. The molecule has 7 heteroatoms. The van der Waals surface area contributed by atoms with E-state index in [-0.39, 0.29) is 30.9 Å². The van der Waals surface area contributed by atoms with E-state index in [1.807, 2.05) is 0 Å². The van der Waals surface area contributed by atoms with Crippen molar-refractivity contribution in [2.24, 2.45) is 5.73 Å². The first-order chi connectivity index (χ1) is 11.5. The Morgan fingerprint density at radius 3 is 2.83 bits per heavy atom. The normalized spacial score (nSPS) is 15.3. The third kappa shape index (κ3) is 4.55. The molecule has 1 fully saturated rings. The first-order valence-electron chi connectivity index (χ1n) is 8.23. The van der Waals surface area contributed by atoms with Gasteiger partial charge in [0, 0.05) is 18.2 Å². The lowest BCUT2D eigenvalue weighted by Gasteiger charge is -2.17. The molecule has 2 rings (SSSR count). The highest BCUT2D eigenvalue weighted by molar-refractivity contribution is 6.02. The van der Waals surface area contributed by atoms with Gasteiger partial charge in [0.1, 0.15) is 0 Å². The van der Waals surface area contributed by atoms with Gasteiger partial charge in [0.25, 0.3) is 5.91 Å². The summed E-state index contributed by atoms with van der Waals surface area (Å²) in [6.45, 7) is 2.67. The SMILES string of the molecule is CCCCC(CN)NC(=O)c1cccc(CN2C(=O)CNC2=O)c1. The number of urea groups is 1. The van der Waals surface area contributed by atoms with Gasteiger partial charge >= 0.3 is 6.03 Å². The van der Waals surface area contributed by atoms with Crippen LogP contribution < -0.4 is 16.4 Å². The molecule has 0 spiro atoms. The second-order valence-electron chi connectivity index (χ2n) is 5.89. The Labute approximate surface area is 141 Å². The third-order valence-electron chi connectivity index (χ3n) is 3.99. The van der Waals surface area contributed by atoms with Crippen molar-refractivity contribution in [1.82, 2.24) is 15.5 Å². The van der Waals surface area contributed by atoms with Crippen LogP contribution in [0.3, 0.4) is 0 Å². The van der Waals surface area contributed by atoms with E-state index in [9.17, 15) is 14.4 Å². The summed E-state index contributed by atoms with van der Waals surface area (Å²) >= 11 is 0. The summed E-state index contributed by atoms with van der Waals surface area (Å²) in [7, 11) is 0. The zero-order valence-corrected chi connectivity index (χ0v) is 13.9. The first kappa shape index (κ1) is 17.9. The Kier molecular flexibility index (Phi) is 6.31. The van der Waals surface area contributed by atoms with E-state index in [2.05, 4.69) is 17.6 Å². The largest absolute Gasteiger partial charge is 0.348 e. The average Bonchev–Trinajstić information content (AvgIpc) is 2.90. The van der Waals surface area contributed by atoms with Crippen molar-refractivity contribution in [2.45, 2.75) is 38.8 Å². The van der Waals surface area contributed by atoms with Gasteiger partial charge in [-0.15, -0.1) is 0 Å². The molecule has 0 bridgehead atoms. The van der Waals surface area contributed by atoms with Gasteiger partial charge in [-0.05, 0) is 24.1 Å². The molecule has 1 unspecified atom stereocenters. The van der Waals surface area contributed by atoms with Crippen LogP contribution in [0, 0.1) is 0 Å². The van der Waals surface area contributed by atoms with E-state index in [0.29, 0.717) is 12.1 Å². The minimum Gasteiger partial charge on any atom is -0.348 e. The number of nitrogens with zero attached hydrogens (tertiary/aromatic N) is 1. The maximum absolute atomic E-state index is 12.4. The fraction of sp³-hybridized carbons (Fsp3) is 0.471. The Morgan fingerprint density at radius 2 is 2.21 bits per heavy atom. The molecule has 1 aromatic rings. The first-order valence-corrected chi connectivity index (χ1v) is 8.23. The van der Waals surface area contributed by atoms with Gasteiger partial charge in [0.15, 0.2) is 0 Å². The molecule has 1 aliphatic rings. The minimum absolute atomic E-state index is 0.0224. The van der Waals surface area contributed by atoms with Crippen LogP contribution in [0.15, 0.2) is 24.3 Å². The molecule has 0 radical (unpaired) electrons. The molecule has 4 amide bonds. The van der Waals surface area contributed by atoms with Crippen LogP contribution in [0.4, 0.5) is 4.79 Å². The lowest BCUT2D eigenvalue weighted by Crippen LogP contribution is -2.40. The number of rotatable bonds is 8. The molecular formula is C17H24N4O3. The maximum Gasteiger partial charge on any atom is 0.324 e. The zero-order chi connectivity index (χ0) is 17.5.